The maximum Gasteiger partial charge on any atom is 0.192 e. The van der Waals surface area contributed by atoms with E-state index in [-0.39, 0.29) is 23.2 Å². The zero-order chi connectivity index (χ0) is 28.2. The summed E-state index contributed by atoms with van der Waals surface area (Å²) in [7, 11) is -2.29. The quantitative estimate of drug-likeness (QED) is 0.233. The highest BCUT2D eigenvalue weighted by Gasteiger charge is 2.37. The van der Waals surface area contributed by atoms with Crippen LogP contribution in [-0.2, 0) is 25.6 Å². The fourth-order valence-corrected chi connectivity index (χ4v) is 6.38. The van der Waals surface area contributed by atoms with Crippen LogP contribution in [0.4, 0.5) is 0 Å². The van der Waals surface area contributed by atoms with Crippen LogP contribution in [-0.4, -0.2) is 48.4 Å². The molecule has 8 heteroatoms. The normalized spacial score (nSPS) is 12.8. The molecule has 3 aromatic rings. The van der Waals surface area contributed by atoms with Gasteiger partial charge in [0.15, 0.2) is 18.2 Å². The summed E-state index contributed by atoms with van der Waals surface area (Å²) in [6, 6.07) is 21.5. The van der Waals surface area contributed by atoms with Crippen molar-refractivity contribution < 1.29 is 27.4 Å². The van der Waals surface area contributed by atoms with Gasteiger partial charge in [0.1, 0.15) is 17.1 Å². The molecule has 0 radical (unpaired) electrons. The van der Waals surface area contributed by atoms with Gasteiger partial charge in [-0.2, -0.15) is 0 Å². The van der Waals surface area contributed by atoms with Crippen LogP contribution < -0.4 is 9.47 Å². The van der Waals surface area contributed by atoms with Crippen molar-refractivity contribution in [3.05, 3.63) is 95.1 Å². The first-order valence-corrected chi connectivity index (χ1v) is 17.4. The van der Waals surface area contributed by atoms with Gasteiger partial charge >= 0.3 is 0 Å². The van der Waals surface area contributed by atoms with E-state index >= 15 is 0 Å². The van der Waals surface area contributed by atoms with Crippen molar-refractivity contribution in [2.24, 2.45) is 0 Å². The third kappa shape index (κ3) is 6.85. The molecule has 0 heterocycles. The highest BCUT2D eigenvalue weighted by Crippen LogP contribution is 2.39. The van der Waals surface area contributed by atoms with Crippen LogP contribution in [0.5, 0.6) is 11.5 Å². The SMILES string of the molecule is COc1ccc(C(O)(c2ccc(OC)cc2)c2cccc(CS(=O)(=O)CCO[Si](C)(C)C(C)(C)C)c2)cc1. The van der Waals surface area contributed by atoms with E-state index in [1.807, 2.05) is 30.3 Å². The minimum absolute atomic E-state index is 0.0124. The molecular weight excluding hydrogens is 516 g/mol. The Morgan fingerprint density at radius 1 is 0.789 bits per heavy atom. The van der Waals surface area contributed by atoms with Crippen molar-refractivity contribution in [3.8, 4) is 11.5 Å². The van der Waals surface area contributed by atoms with Gasteiger partial charge in [-0.15, -0.1) is 0 Å². The zero-order valence-electron chi connectivity index (χ0n) is 23.4. The number of methoxy groups -OCH3 is 2. The molecule has 1 N–H and O–H groups in total. The van der Waals surface area contributed by atoms with Crippen LogP contribution >= 0.6 is 0 Å². The van der Waals surface area contributed by atoms with E-state index in [2.05, 4.69) is 33.9 Å². The molecule has 6 nitrogen and oxygen atoms in total. The molecular formula is C30H40O6SSi. The van der Waals surface area contributed by atoms with Crippen molar-refractivity contribution in [1.29, 1.82) is 0 Å². The highest BCUT2D eigenvalue weighted by molar-refractivity contribution is 7.90. The predicted molar refractivity (Wildman–Crippen MR) is 155 cm³/mol. The molecule has 0 aliphatic heterocycles. The number of rotatable bonds is 11. The van der Waals surface area contributed by atoms with Crippen molar-refractivity contribution in [2.75, 3.05) is 26.6 Å². The lowest BCUT2D eigenvalue weighted by Crippen LogP contribution is -2.41. The number of hydrogen-bond donors (Lipinski definition) is 1. The Labute approximate surface area is 228 Å². The van der Waals surface area contributed by atoms with Gasteiger partial charge in [-0.25, -0.2) is 8.42 Å². The number of hydrogen-bond acceptors (Lipinski definition) is 6. The summed E-state index contributed by atoms with van der Waals surface area (Å²) in [5, 5.41) is 12.2. The summed E-state index contributed by atoms with van der Waals surface area (Å²) in [6.45, 7) is 10.8. The van der Waals surface area contributed by atoms with Crippen LogP contribution in [0.2, 0.25) is 18.1 Å². The summed E-state index contributed by atoms with van der Waals surface area (Å²) in [6.07, 6.45) is 0. The lowest BCUT2D eigenvalue weighted by Gasteiger charge is -2.36. The summed E-state index contributed by atoms with van der Waals surface area (Å²) in [5.74, 6) is 1.16. The van der Waals surface area contributed by atoms with Crippen LogP contribution in [0.15, 0.2) is 72.8 Å². The molecule has 0 saturated heterocycles. The van der Waals surface area contributed by atoms with Gasteiger partial charge in [0.25, 0.3) is 0 Å². The lowest BCUT2D eigenvalue weighted by molar-refractivity contribution is 0.125. The molecule has 38 heavy (non-hydrogen) atoms. The molecule has 3 rings (SSSR count). The molecule has 0 bridgehead atoms. The third-order valence-corrected chi connectivity index (χ3v) is 13.5. The van der Waals surface area contributed by atoms with E-state index in [1.54, 1.807) is 56.7 Å². The van der Waals surface area contributed by atoms with E-state index in [4.69, 9.17) is 13.9 Å². The fraction of sp³-hybridized carbons (Fsp3) is 0.400. The molecule has 0 aromatic heterocycles. The second-order valence-corrected chi connectivity index (χ2v) is 18.1. The van der Waals surface area contributed by atoms with Crippen molar-refractivity contribution >= 4 is 18.2 Å². The first-order chi connectivity index (χ1) is 17.7. The Morgan fingerprint density at radius 2 is 1.29 bits per heavy atom. The molecule has 0 fully saturated rings. The van der Waals surface area contributed by atoms with E-state index in [0.29, 0.717) is 33.8 Å². The van der Waals surface area contributed by atoms with Gasteiger partial charge in [-0.3, -0.25) is 0 Å². The van der Waals surface area contributed by atoms with Gasteiger partial charge in [0, 0.05) is 6.61 Å². The fourth-order valence-electron chi connectivity index (χ4n) is 4.02. The number of sulfone groups is 1. The van der Waals surface area contributed by atoms with Crippen molar-refractivity contribution in [2.45, 2.75) is 50.3 Å². The predicted octanol–water partition coefficient (Wildman–Crippen LogP) is 5.92. The van der Waals surface area contributed by atoms with Crippen LogP contribution in [0.3, 0.4) is 0 Å². The monoisotopic (exact) mass is 556 g/mol. The van der Waals surface area contributed by atoms with Crippen molar-refractivity contribution in [1.82, 2.24) is 0 Å². The second kappa shape index (κ2) is 11.6. The van der Waals surface area contributed by atoms with Crippen LogP contribution in [0, 0.1) is 0 Å². The Balaban J connectivity index is 1.92. The molecule has 0 aliphatic rings. The molecule has 206 valence electrons. The van der Waals surface area contributed by atoms with Crippen LogP contribution in [0.1, 0.15) is 43.0 Å². The molecule has 0 aliphatic carbocycles. The van der Waals surface area contributed by atoms with Gasteiger partial charge in [0.2, 0.25) is 0 Å². The van der Waals surface area contributed by atoms with E-state index in [9.17, 15) is 13.5 Å². The summed E-state index contributed by atoms with van der Waals surface area (Å²) >= 11 is 0. The van der Waals surface area contributed by atoms with Gasteiger partial charge in [0.05, 0.1) is 25.7 Å². The largest absolute Gasteiger partial charge is 0.497 e. The minimum Gasteiger partial charge on any atom is -0.497 e. The standard InChI is InChI=1S/C30H40O6SSi/c1-29(2,3)38(6,7)36-19-20-37(32,33)22-23-9-8-10-26(21-23)30(31,24-11-15-27(34-4)16-12-24)25-13-17-28(35-5)18-14-25/h8-18,21,31H,19-20,22H2,1-7H3. The number of aliphatic hydroxyl groups is 1. The van der Waals surface area contributed by atoms with Gasteiger partial charge < -0.3 is 19.0 Å². The molecule has 3 aromatic carbocycles. The Morgan fingerprint density at radius 3 is 1.74 bits per heavy atom. The Bertz CT molecular complexity index is 1260. The van der Waals surface area contributed by atoms with Crippen molar-refractivity contribution in [3.63, 3.8) is 0 Å². The smallest absolute Gasteiger partial charge is 0.192 e. The molecule has 0 unspecified atom stereocenters. The van der Waals surface area contributed by atoms with Gasteiger partial charge in [-0.05, 0) is 64.7 Å². The van der Waals surface area contributed by atoms with Gasteiger partial charge in [-0.1, -0.05) is 69.3 Å². The van der Waals surface area contributed by atoms with E-state index in [0.717, 1.165) is 0 Å². The Kier molecular flexibility index (Phi) is 9.14. The summed E-state index contributed by atoms with van der Waals surface area (Å²) in [4.78, 5) is 0. The topological polar surface area (TPSA) is 82.1 Å². The maximum atomic E-state index is 13.0. The Hall–Kier alpha value is -2.65. The van der Waals surface area contributed by atoms with E-state index < -0.39 is 23.8 Å². The number of benzene rings is 3. The molecule has 0 amide bonds. The highest BCUT2D eigenvalue weighted by atomic mass is 32.2. The first-order valence-electron chi connectivity index (χ1n) is 12.7. The minimum atomic E-state index is -3.43. The summed E-state index contributed by atoms with van der Waals surface area (Å²) in [5.41, 5.74) is 0.912. The molecule has 0 saturated carbocycles. The zero-order valence-corrected chi connectivity index (χ0v) is 25.3. The average molecular weight is 557 g/mol. The van der Waals surface area contributed by atoms with E-state index in [1.165, 1.54) is 0 Å². The maximum absolute atomic E-state index is 13.0. The number of ether oxygens (including phenoxy) is 2. The molecule has 0 spiro atoms. The molecule has 0 atom stereocenters. The first kappa shape index (κ1) is 29.9. The third-order valence-electron chi connectivity index (χ3n) is 7.41. The second-order valence-electron chi connectivity index (χ2n) is 11.1. The van der Waals surface area contributed by atoms with Crippen LogP contribution in [0.25, 0.3) is 0 Å². The lowest BCUT2D eigenvalue weighted by atomic mass is 9.80. The summed E-state index contributed by atoms with van der Waals surface area (Å²) < 4.78 is 42.7. The average Bonchev–Trinajstić information content (AvgIpc) is 2.87.